The van der Waals surface area contributed by atoms with Crippen LogP contribution < -0.4 is 10.1 Å². The number of nitrogens with zero attached hydrogens (tertiary/aromatic N) is 1. The van der Waals surface area contributed by atoms with Gasteiger partial charge in [-0.1, -0.05) is 29.8 Å². The van der Waals surface area contributed by atoms with E-state index >= 15 is 0 Å². The summed E-state index contributed by atoms with van der Waals surface area (Å²) in [5, 5.41) is 5.17. The minimum atomic E-state index is -0.217. The van der Waals surface area contributed by atoms with Gasteiger partial charge < -0.3 is 4.74 Å². The van der Waals surface area contributed by atoms with Crippen LogP contribution in [0.5, 0.6) is 5.75 Å². The van der Waals surface area contributed by atoms with Gasteiger partial charge in [0, 0.05) is 16.0 Å². The number of rotatable bonds is 6. The summed E-state index contributed by atoms with van der Waals surface area (Å²) in [6, 6.07) is 5.43. The lowest BCUT2D eigenvalue weighted by Gasteiger charge is -2.12. The van der Waals surface area contributed by atoms with Crippen LogP contribution in [0.4, 0.5) is 5.13 Å². The number of benzene rings is 1. The number of hydrogen-bond acceptors (Lipinski definition) is 4. The highest BCUT2D eigenvalue weighted by Crippen LogP contribution is 2.25. The minimum absolute atomic E-state index is 0.217. The molecule has 2 rings (SSSR count). The van der Waals surface area contributed by atoms with Crippen LogP contribution in [-0.2, 0) is 0 Å². The highest BCUT2D eigenvalue weighted by Gasteiger charge is 2.14. The van der Waals surface area contributed by atoms with Crippen LogP contribution in [0.1, 0.15) is 30.6 Å². The summed E-state index contributed by atoms with van der Waals surface area (Å²) in [6.45, 7) is 4.87. The quantitative estimate of drug-likeness (QED) is 0.811. The molecule has 6 heteroatoms. The summed E-state index contributed by atoms with van der Waals surface area (Å²) in [5.74, 6) is 0.937. The number of hydrogen-bond donors (Lipinski definition) is 1. The largest absolute Gasteiger partial charge is 0.493 e. The molecule has 21 heavy (non-hydrogen) atoms. The monoisotopic (exact) mass is 368 g/mol. The van der Waals surface area contributed by atoms with Gasteiger partial charge in [-0.2, -0.15) is 0 Å². The van der Waals surface area contributed by atoms with Crippen LogP contribution >= 0.6 is 27.3 Å². The molecule has 0 fully saturated rings. The van der Waals surface area contributed by atoms with Crippen molar-refractivity contribution >= 4 is 38.3 Å². The van der Waals surface area contributed by atoms with Crippen molar-refractivity contribution in [3.63, 3.8) is 0 Å². The first-order valence-corrected chi connectivity index (χ1v) is 8.36. The molecule has 2 aromatic rings. The highest BCUT2D eigenvalue weighted by atomic mass is 79.9. The van der Waals surface area contributed by atoms with Gasteiger partial charge in [-0.05, 0) is 30.5 Å². The SMILES string of the molecule is CC(C)CCOc1ccc(Br)cc1C(=O)Nc1nccs1. The van der Waals surface area contributed by atoms with Gasteiger partial charge in [0.2, 0.25) is 0 Å². The van der Waals surface area contributed by atoms with Gasteiger partial charge >= 0.3 is 0 Å². The normalized spacial score (nSPS) is 10.7. The Morgan fingerprint density at radius 1 is 1.48 bits per heavy atom. The lowest BCUT2D eigenvalue weighted by atomic mass is 10.1. The minimum Gasteiger partial charge on any atom is -0.493 e. The number of carbonyl (C=O) groups excluding carboxylic acids is 1. The van der Waals surface area contributed by atoms with E-state index in [1.54, 1.807) is 18.3 Å². The molecule has 0 spiro atoms. The maximum absolute atomic E-state index is 12.3. The molecule has 0 aliphatic rings. The van der Waals surface area contributed by atoms with E-state index in [0.717, 1.165) is 10.9 Å². The third-order valence-electron chi connectivity index (χ3n) is 2.79. The third kappa shape index (κ3) is 4.82. The molecular weight excluding hydrogens is 352 g/mol. The van der Waals surface area contributed by atoms with Crippen molar-refractivity contribution in [2.24, 2.45) is 5.92 Å². The van der Waals surface area contributed by atoms with Gasteiger partial charge in [0.1, 0.15) is 5.75 Å². The Morgan fingerprint density at radius 2 is 2.29 bits per heavy atom. The van der Waals surface area contributed by atoms with Crippen molar-refractivity contribution in [2.75, 3.05) is 11.9 Å². The maximum atomic E-state index is 12.3. The fourth-order valence-electron chi connectivity index (χ4n) is 1.66. The molecule has 4 nitrogen and oxygen atoms in total. The molecule has 0 saturated carbocycles. The summed E-state index contributed by atoms with van der Waals surface area (Å²) in [5.41, 5.74) is 0.503. The van der Waals surface area contributed by atoms with Crippen molar-refractivity contribution in [2.45, 2.75) is 20.3 Å². The fourth-order valence-corrected chi connectivity index (χ4v) is 2.54. The Bertz CT molecular complexity index is 600. The number of aromatic nitrogens is 1. The van der Waals surface area contributed by atoms with Crippen molar-refractivity contribution in [3.05, 3.63) is 39.8 Å². The number of nitrogens with one attached hydrogen (secondary N) is 1. The molecular formula is C15H17BrN2O2S. The van der Waals surface area contributed by atoms with Crippen molar-refractivity contribution in [1.29, 1.82) is 0 Å². The Morgan fingerprint density at radius 3 is 2.95 bits per heavy atom. The van der Waals surface area contributed by atoms with E-state index in [9.17, 15) is 4.79 Å². The number of halogens is 1. The van der Waals surface area contributed by atoms with E-state index in [1.165, 1.54) is 11.3 Å². The van der Waals surface area contributed by atoms with E-state index in [-0.39, 0.29) is 5.91 Å². The summed E-state index contributed by atoms with van der Waals surface area (Å²) in [6.07, 6.45) is 2.60. The Balaban J connectivity index is 2.12. The van der Waals surface area contributed by atoms with E-state index < -0.39 is 0 Å². The van der Waals surface area contributed by atoms with Crippen molar-refractivity contribution < 1.29 is 9.53 Å². The molecule has 0 aliphatic carbocycles. The zero-order valence-electron chi connectivity index (χ0n) is 11.9. The number of carbonyl (C=O) groups is 1. The molecule has 1 aromatic heterocycles. The van der Waals surface area contributed by atoms with E-state index in [1.807, 2.05) is 11.4 Å². The smallest absolute Gasteiger partial charge is 0.261 e. The van der Waals surface area contributed by atoms with Crippen LogP contribution in [-0.4, -0.2) is 17.5 Å². The summed E-state index contributed by atoms with van der Waals surface area (Å²) < 4.78 is 6.58. The predicted octanol–water partition coefficient (Wildman–Crippen LogP) is 4.58. The van der Waals surface area contributed by atoms with Gasteiger partial charge in [-0.15, -0.1) is 11.3 Å². The van der Waals surface area contributed by atoms with Crippen LogP contribution in [0.15, 0.2) is 34.2 Å². The molecule has 0 saturated heterocycles. The first-order valence-electron chi connectivity index (χ1n) is 6.69. The zero-order valence-corrected chi connectivity index (χ0v) is 14.3. The number of anilines is 1. The fraction of sp³-hybridized carbons (Fsp3) is 0.333. The average molecular weight is 369 g/mol. The van der Waals surface area contributed by atoms with E-state index in [0.29, 0.717) is 29.0 Å². The molecule has 0 radical (unpaired) electrons. The maximum Gasteiger partial charge on any atom is 0.261 e. The molecule has 0 aliphatic heterocycles. The standard InChI is InChI=1S/C15H17BrN2O2S/c1-10(2)5-7-20-13-4-3-11(16)9-12(13)14(19)18-15-17-6-8-21-15/h3-4,6,8-10H,5,7H2,1-2H3,(H,17,18,19). The van der Waals surface area contributed by atoms with Gasteiger partial charge in [-0.3, -0.25) is 10.1 Å². The molecule has 112 valence electrons. The Hall–Kier alpha value is -1.40. The molecule has 1 heterocycles. The topological polar surface area (TPSA) is 51.2 Å². The van der Waals surface area contributed by atoms with Crippen LogP contribution in [0.25, 0.3) is 0 Å². The Kier molecular flexibility index (Phi) is 5.76. The molecule has 0 bridgehead atoms. The molecule has 1 N–H and O–H groups in total. The van der Waals surface area contributed by atoms with Crippen LogP contribution in [0.2, 0.25) is 0 Å². The summed E-state index contributed by atoms with van der Waals surface area (Å²) in [7, 11) is 0. The lowest BCUT2D eigenvalue weighted by Crippen LogP contribution is -2.14. The van der Waals surface area contributed by atoms with Gasteiger partial charge in [0.25, 0.3) is 5.91 Å². The highest BCUT2D eigenvalue weighted by molar-refractivity contribution is 9.10. The number of thiazole rings is 1. The first kappa shape index (κ1) is 16.0. The summed E-state index contributed by atoms with van der Waals surface area (Å²) >= 11 is 4.77. The lowest BCUT2D eigenvalue weighted by molar-refractivity contribution is 0.102. The molecule has 1 aromatic carbocycles. The Labute approximate surface area is 136 Å². The second-order valence-electron chi connectivity index (χ2n) is 4.96. The van der Waals surface area contributed by atoms with Crippen LogP contribution in [0, 0.1) is 5.92 Å². The zero-order chi connectivity index (χ0) is 15.2. The molecule has 0 atom stereocenters. The van der Waals surface area contributed by atoms with Crippen LogP contribution in [0.3, 0.4) is 0 Å². The third-order valence-corrected chi connectivity index (χ3v) is 3.97. The number of amides is 1. The first-order chi connectivity index (χ1) is 10.1. The molecule has 1 amide bonds. The number of ether oxygens (including phenoxy) is 1. The van der Waals surface area contributed by atoms with Crippen molar-refractivity contribution in [1.82, 2.24) is 4.98 Å². The van der Waals surface area contributed by atoms with Gasteiger partial charge in [0.05, 0.1) is 12.2 Å². The summed E-state index contributed by atoms with van der Waals surface area (Å²) in [4.78, 5) is 16.4. The second-order valence-corrected chi connectivity index (χ2v) is 6.77. The second kappa shape index (κ2) is 7.56. The van der Waals surface area contributed by atoms with E-state index in [2.05, 4.69) is 40.1 Å². The van der Waals surface area contributed by atoms with Gasteiger partial charge in [0.15, 0.2) is 5.13 Å². The van der Waals surface area contributed by atoms with Gasteiger partial charge in [-0.25, -0.2) is 4.98 Å². The predicted molar refractivity (Wildman–Crippen MR) is 89.2 cm³/mol. The molecule has 0 unspecified atom stereocenters. The van der Waals surface area contributed by atoms with Crippen molar-refractivity contribution in [3.8, 4) is 5.75 Å². The van der Waals surface area contributed by atoms with E-state index in [4.69, 9.17) is 4.74 Å². The average Bonchev–Trinajstić information content (AvgIpc) is 2.92.